The topological polar surface area (TPSA) is 69.4 Å². The first-order valence-electron chi connectivity index (χ1n) is 3.67. The van der Waals surface area contributed by atoms with Gasteiger partial charge in [-0.1, -0.05) is 0 Å². The highest BCUT2D eigenvalue weighted by Gasteiger charge is 2.13. The van der Waals surface area contributed by atoms with E-state index in [0.717, 1.165) is 4.47 Å². The van der Waals surface area contributed by atoms with Gasteiger partial charge in [0, 0.05) is 12.4 Å². The number of halogens is 1. The molecule has 0 aliphatic rings. The summed E-state index contributed by atoms with van der Waals surface area (Å²) in [6.07, 6.45) is 3.23. The molecule has 14 heavy (non-hydrogen) atoms. The number of hydrogen-bond acceptors (Lipinski definition) is 5. The summed E-state index contributed by atoms with van der Waals surface area (Å²) < 4.78 is 6.63. The van der Waals surface area contributed by atoms with Crippen LogP contribution in [0.25, 0.3) is 5.78 Å². The van der Waals surface area contributed by atoms with E-state index in [1.165, 1.54) is 11.6 Å². The minimum absolute atomic E-state index is 0.00176. The number of fused-ring (bicyclic) bond motifs is 1. The summed E-state index contributed by atoms with van der Waals surface area (Å²) >= 11 is 3.23. The van der Waals surface area contributed by atoms with Crippen LogP contribution in [-0.2, 0) is 4.74 Å². The van der Waals surface area contributed by atoms with E-state index in [1.54, 1.807) is 12.4 Å². The Morgan fingerprint density at radius 1 is 1.64 bits per heavy atom. The number of hydrogen-bond donors (Lipinski definition) is 0. The van der Waals surface area contributed by atoms with Crippen molar-refractivity contribution >= 4 is 27.7 Å². The average Bonchev–Trinajstić information content (AvgIpc) is 2.59. The molecule has 2 aromatic heterocycles. The van der Waals surface area contributed by atoms with Gasteiger partial charge in [0.25, 0.3) is 11.6 Å². The molecule has 0 spiro atoms. The monoisotopic (exact) mass is 256 g/mol. The van der Waals surface area contributed by atoms with Crippen LogP contribution in [0.2, 0.25) is 0 Å². The molecule has 2 heterocycles. The SMILES string of the molecule is COC(=O)c1nc2ncc(Br)cn2n1. The zero-order chi connectivity index (χ0) is 10.1. The summed E-state index contributed by atoms with van der Waals surface area (Å²) in [5.74, 6) is -0.224. The van der Waals surface area contributed by atoms with Crippen LogP contribution in [0.1, 0.15) is 10.6 Å². The number of carbonyl (C=O) groups is 1. The molecule has 0 aromatic carbocycles. The molecule has 0 atom stereocenters. The van der Waals surface area contributed by atoms with Gasteiger partial charge >= 0.3 is 5.97 Å². The van der Waals surface area contributed by atoms with Gasteiger partial charge in [-0.3, -0.25) is 0 Å². The van der Waals surface area contributed by atoms with Crippen LogP contribution in [0.15, 0.2) is 16.9 Å². The average molecular weight is 257 g/mol. The van der Waals surface area contributed by atoms with Gasteiger partial charge in [0.05, 0.1) is 11.6 Å². The Morgan fingerprint density at radius 3 is 3.14 bits per heavy atom. The maximum absolute atomic E-state index is 11.1. The maximum atomic E-state index is 11.1. The molecule has 0 unspecified atom stereocenters. The first-order valence-corrected chi connectivity index (χ1v) is 4.46. The molecule has 6 nitrogen and oxygen atoms in total. The van der Waals surface area contributed by atoms with E-state index in [9.17, 15) is 4.79 Å². The number of rotatable bonds is 1. The second-order valence-corrected chi connectivity index (χ2v) is 3.36. The molecule has 0 amide bonds. The van der Waals surface area contributed by atoms with Crippen LogP contribution in [-0.4, -0.2) is 32.7 Å². The lowest BCUT2D eigenvalue weighted by Crippen LogP contribution is -2.03. The van der Waals surface area contributed by atoms with Gasteiger partial charge in [-0.05, 0) is 15.9 Å². The van der Waals surface area contributed by atoms with Gasteiger partial charge < -0.3 is 4.74 Å². The van der Waals surface area contributed by atoms with Gasteiger partial charge in [-0.15, -0.1) is 5.10 Å². The van der Waals surface area contributed by atoms with Crippen LogP contribution in [0.4, 0.5) is 0 Å². The molecule has 0 aliphatic carbocycles. The first-order chi connectivity index (χ1) is 6.70. The van der Waals surface area contributed by atoms with E-state index in [1.807, 2.05) is 0 Å². The third-order valence-corrected chi connectivity index (χ3v) is 1.94. The normalized spacial score (nSPS) is 10.4. The van der Waals surface area contributed by atoms with Crippen molar-refractivity contribution in [3.05, 3.63) is 22.7 Å². The number of carbonyl (C=O) groups excluding carboxylic acids is 1. The highest BCUT2D eigenvalue weighted by Crippen LogP contribution is 2.07. The van der Waals surface area contributed by atoms with Crippen molar-refractivity contribution in [3.8, 4) is 0 Å². The number of methoxy groups -OCH3 is 1. The summed E-state index contributed by atoms with van der Waals surface area (Å²) in [6.45, 7) is 0. The van der Waals surface area contributed by atoms with E-state index >= 15 is 0 Å². The van der Waals surface area contributed by atoms with Gasteiger partial charge in [0.1, 0.15) is 0 Å². The lowest BCUT2D eigenvalue weighted by molar-refractivity contribution is 0.0587. The first kappa shape index (κ1) is 9.07. The largest absolute Gasteiger partial charge is 0.463 e. The second kappa shape index (κ2) is 3.33. The molecule has 0 fully saturated rings. The lowest BCUT2D eigenvalue weighted by Gasteiger charge is -1.89. The van der Waals surface area contributed by atoms with Crippen molar-refractivity contribution in [1.29, 1.82) is 0 Å². The zero-order valence-corrected chi connectivity index (χ0v) is 8.72. The molecule has 0 bridgehead atoms. The van der Waals surface area contributed by atoms with Crippen LogP contribution in [0, 0.1) is 0 Å². The van der Waals surface area contributed by atoms with Gasteiger partial charge in [0.15, 0.2) is 0 Å². The number of ether oxygens (including phenoxy) is 1. The minimum Gasteiger partial charge on any atom is -0.463 e. The summed E-state index contributed by atoms with van der Waals surface area (Å²) in [6, 6.07) is 0. The predicted octanol–water partition coefficient (Wildman–Crippen LogP) is 0.673. The van der Waals surface area contributed by atoms with Gasteiger partial charge in [-0.25, -0.2) is 14.3 Å². The Balaban J connectivity index is 2.56. The molecular weight excluding hydrogens is 252 g/mol. The molecule has 0 N–H and O–H groups in total. The van der Waals surface area contributed by atoms with Crippen LogP contribution in [0.5, 0.6) is 0 Å². The number of esters is 1. The van der Waals surface area contributed by atoms with E-state index in [2.05, 4.69) is 35.7 Å². The minimum atomic E-state index is -0.577. The Hall–Kier alpha value is -1.50. The van der Waals surface area contributed by atoms with Crippen LogP contribution in [0.3, 0.4) is 0 Å². The molecule has 72 valence electrons. The van der Waals surface area contributed by atoms with Crippen molar-refractivity contribution in [2.45, 2.75) is 0 Å². The second-order valence-electron chi connectivity index (χ2n) is 2.44. The number of nitrogens with zero attached hydrogens (tertiary/aromatic N) is 4. The third-order valence-electron chi connectivity index (χ3n) is 1.53. The van der Waals surface area contributed by atoms with Gasteiger partial charge in [0.2, 0.25) is 0 Å². The van der Waals surface area contributed by atoms with Crippen molar-refractivity contribution in [2.75, 3.05) is 7.11 Å². The Morgan fingerprint density at radius 2 is 2.43 bits per heavy atom. The highest BCUT2D eigenvalue weighted by molar-refractivity contribution is 9.10. The summed E-state index contributed by atoms with van der Waals surface area (Å²) in [7, 11) is 1.28. The Bertz CT molecular complexity index is 495. The summed E-state index contributed by atoms with van der Waals surface area (Å²) in [5, 5.41) is 3.88. The Kier molecular flexibility index (Phi) is 2.16. The van der Waals surface area contributed by atoms with E-state index < -0.39 is 5.97 Å². The molecule has 0 radical (unpaired) electrons. The fourth-order valence-electron chi connectivity index (χ4n) is 0.937. The highest BCUT2D eigenvalue weighted by atomic mass is 79.9. The molecule has 2 aromatic rings. The van der Waals surface area contributed by atoms with Crippen molar-refractivity contribution in [2.24, 2.45) is 0 Å². The van der Waals surface area contributed by atoms with Crippen LogP contribution >= 0.6 is 15.9 Å². The quantitative estimate of drug-likeness (QED) is 0.702. The fourth-order valence-corrected chi connectivity index (χ4v) is 1.23. The summed E-state index contributed by atoms with van der Waals surface area (Å²) in [5.41, 5.74) is 0. The Labute approximate surface area is 87.0 Å². The van der Waals surface area contributed by atoms with E-state index in [-0.39, 0.29) is 5.82 Å². The maximum Gasteiger partial charge on any atom is 0.378 e. The van der Waals surface area contributed by atoms with Gasteiger partial charge in [-0.2, -0.15) is 4.98 Å². The smallest absolute Gasteiger partial charge is 0.378 e. The van der Waals surface area contributed by atoms with Crippen molar-refractivity contribution in [3.63, 3.8) is 0 Å². The zero-order valence-electron chi connectivity index (χ0n) is 7.14. The standard InChI is InChI=1S/C7H5BrN4O2/c1-14-6(13)5-10-7-9-2-4(8)3-12(7)11-5/h2-3H,1H3. The predicted molar refractivity (Wildman–Crippen MR) is 49.8 cm³/mol. The van der Waals surface area contributed by atoms with Crippen LogP contribution < -0.4 is 0 Å². The van der Waals surface area contributed by atoms with Crippen molar-refractivity contribution < 1.29 is 9.53 Å². The summed E-state index contributed by atoms with van der Waals surface area (Å²) in [4.78, 5) is 18.9. The van der Waals surface area contributed by atoms with E-state index in [4.69, 9.17) is 0 Å². The molecule has 7 heteroatoms. The molecule has 2 rings (SSSR count). The molecular formula is C7H5BrN4O2. The fraction of sp³-hybridized carbons (Fsp3) is 0.143. The van der Waals surface area contributed by atoms with Crippen molar-refractivity contribution in [1.82, 2.24) is 19.6 Å². The lowest BCUT2D eigenvalue weighted by atomic mass is 10.6. The molecule has 0 saturated carbocycles. The molecule has 0 saturated heterocycles. The number of aromatic nitrogens is 4. The van der Waals surface area contributed by atoms with E-state index in [0.29, 0.717) is 5.78 Å². The molecule has 0 aliphatic heterocycles. The third kappa shape index (κ3) is 1.46.